The lowest BCUT2D eigenvalue weighted by Gasteiger charge is -2.60. The van der Waals surface area contributed by atoms with E-state index in [2.05, 4.69) is 19.9 Å². The molecule has 2 heteroatoms. The summed E-state index contributed by atoms with van der Waals surface area (Å²) in [4.78, 5) is 0. The topological polar surface area (TPSA) is 20.2 Å². The Balaban J connectivity index is 1.46. The van der Waals surface area contributed by atoms with E-state index in [0.717, 1.165) is 41.7 Å². The number of rotatable bonds is 1. The Hall–Kier alpha value is -1.15. The first-order valence-electron chi connectivity index (χ1n) is 11.6. The summed E-state index contributed by atoms with van der Waals surface area (Å²) >= 11 is 0. The van der Waals surface area contributed by atoms with Gasteiger partial charge in [0.25, 0.3) is 0 Å². The predicted octanol–water partition coefficient (Wildman–Crippen LogP) is 6.61. The predicted molar refractivity (Wildman–Crippen MR) is 112 cm³/mol. The number of aliphatic hydroxyl groups is 1. The molecule has 0 spiro atoms. The second-order valence-corrected chi connectivity index (χ2v) is 10.8. The summed E-state index contributed by atoms with van der Waals surface area (Å²) in [6, 6.07) is 6.78. The number of aliphatic hydroxyl groups excluding tert-OH is 1. The molecule has 28 heavy (non-hydrogen) atoms. The van der Waals surface area contributed by atoms with Crippen molar-refractivity contribution in [3.8, 4) is 0 Å². The monoisotopic (exact) mass is 382 g/mol. The lowest BCUT2D eigenvalue weighted by Crippen LogP contribution is -2.53. The minimum Gasteiger partial charge on any atom is -0.388 e. The molecule has 0 amide bonds. The third-order valence-corrected chi connectivity index (χ3v) is 9.65. The summed E-state index contributed by atoms with van der Waals surface area (Å²) in [5, 5.41) is 11.3. The van der Waals surface area contributed by atoms with E-state index < -0.39 is 0 Å². The van der Waals surface area contributed by atoms with E-state index in [-0.39, 0.29) is 17.3 Å². The number of fused-ring (bicyclic) bond motifs is 5. The molecule has 0 unspecified atom stereocenters. The van der Waals surface area contributed by atoms with Crippen molar-refractivity contribution in [2.45, 2.75) is 77.7 Å². The number of hydrogen-bond acceptors (Lipinski definition) is 1. The summed E-state index contributed by atoms with van der Waals surface area (Å²) in [5.41, 5.74) is 2.55. The molecule has 4 aliphatic rings. The minimum absolute atomic E-state index is 0.00180. The standard InChI is InChI=1S/C26H35FO/c1-25-12-4-3-7-19(25)9-10-21-22(25)11-13-26(2)23(21)16-18(24(26)28)14-17-6-5-8-20(27)15-17/h5-6,8,14-15,19,21-24,28H,3-4,7,9-13,16H2,1-2H3/b18-14-/t19-,21+,22-,23-,24+,25+,26+/m1/s1. The van der Waals surface area contributed by atoms with Crippen LogP contribution in [0.5, 0.6) is 0 Å². The van der Waals surface area contributed by atoms with Gasteiger partial charge >= 0.3 is 0 Å². The van der Waals surface area contributed by atoms with Crippen LogP contribution in [0.15, 0.2) is 29.8 Å². The lowest BCUT2D eigenvalue weighted by atomic mass is 9.45. The van der Waals surface area contributed by atoms with Crippen LogP contribution in [-0.2, 0) is 0 Å². The largest absolute Gasteiger partial charge is 0.388 e. The maximum atomic E-state index is 13.6. The maximum Gasteiger partial charge on any atom is 0.123 e. The van der Waals surface area contributed by atoms with Gasteiger partial charge in [-0.1, -0.05) is 44.9 Å². The van der Waals surface area contributed by atoms with Gasteiger partial charge < -0.3 is 5.11 Å². The van der Waals surface area contributed by atoms with Crippen molar-refractivity contribution in [2.75, 3.05) is 0 Å². The van der Waals surface area contributed by atoms with Crippen molar-refractivity contribution >= 4 is 6.08 Å². The van der Waals surface area contributed by atoms with Gasteiger partial charge in [-0.3, -0.25) is 0 Å². The van der Waals surface area contributed by atoms with Crippen LogP contribution in [0.3, 0.4) is 0 Å². The van der Waals surface area contributed by atoms with Gasteiger partial charge in [0.05, 0.1) is 6.10 Å². The fraction of sp³-hybridized carbons (Fsp3) is 0.692. The average molecular weight is 383 g/mol. The molecule has 0 aromatic heterocycles. The van der Waals surface area contributed by atoms with Gasteiger partial charge in [0, 0.05) is 5.41 Å². The zero-order valence-corrected chi connectivity index (χ0v) is 17.5. The lowest BCUT2D eigenvalue weighted by molar-refractivity contribution is -0.119. The number of halogens is 1. The quantitative estimate of drug-likeness (QED) is 0.579. The average Bonchev–Trinajstić information content (AvgIpc) is 2.92. The van der Waals surface area contributed by atoms with Crippen LogP contribution < -0.4 is 0 Å². The molecule has 0 radical (unpaired) electrons. The van der Waals surface area contributed by atoms with E-state index in [9.17, 15) is 9.50 Å². The molecular formula is C26H35FO. The molecule has 5 rings (SSSR count). The first-order chi connectivity index (χ1) is 13.4. The van der Waals surface area contributed by atoms with E-state index >= 15 is 0 Å². The Bertz CT molecular complexity index is 784. The van der Waals surface area contributed by atoms with Crippen LogP contribution >= 0.6 is 0 Å². The molecule has 7 atom stereocenters. The normalized spacial score (nSPS) is 46.7. The molecule has 0 aliphatic heterocycles. The van der Waals surface area contributed by atoms with Crippen molar-refractivity contribution in [3.05, 3.63) is 41.2 Å². The van der Waals surface area contributed by atoms with Crippen LogP contribution in [0.1, 0.15) is 77.2 Å². The molecule has 4 aliphatic carbocycles. The highest BCUT2D eigenvalue weighted by atomic mass is 19.1. The van der Waals surface area contributed by atoms with E-state index in [1.54, 1.807) is 12.1 Å². The SMILES string of the molecule is C[C@]12CCCC[C@@H]1CC[C@H]1[C@H]2CC[C@@]2(C)[C@@H]1C/C(=C/c1cccc(F)c1)[C@@H]2O. The van der Waals surface area contributed by atoms with E-state index in [4.69, 9.17) is 0 Å². The highest BCUT2D eigenvalue weighted by Crippen LogP contribution is 2.67. The zero-order valence-electron chi connectivity index (χ0n) is 17.5. The molecule has 0 saturated heterocycles. The van der Waals surface area contributed by atoms with Gasteiger partial charge in [-0.2, -0.15) is 0 Å². The first kappa shape index (κ1) is 18.9. The minimum atomic E-state index is -0.376. The van der Waals surface area contributed by atoms with Crippen molar-refractivity contribution in [1.29, 1.82) is 0 Å². The molecule has 1 aromatic rings. The summed E-state index contributed by atoms with van der Waals surface area (Å²) in [7, 11) is 0. The van der Waals surface area contributed by atoms with Crippen molar-refractivity contribution in [2.24, 2.45) is 34.5 Å². The van der Waals surface area contributed by atoms with Gasteiger partial charge in [-0.15, -0.1) is 0 Å². The molecule has 4 fully saturated rings. The van der Waals surface area contributed by atoms with Crippen LogP contribution in [0.25, 0.3) is 6.08 Å². The summed E-state index contributed by atoms with van der Waals surface area (Å²) < 4.78 is 13.6. The van der Waals surface area contributed by atoms with Gasteiger partial charge in [-0.05, 0) is 97.3 Å². The van der Waals surface area contributed by atoms with Gasteiger partial charge in [0.15, 0.2) is 0 Å². The molecule has 0 heterocycles. The van der Waals surface area contributed by atoms with Gasteiger partial charge in [-0.25, -0.2) is 4.39 Å². The number of benzene rings is 1. The van der Waals surface area contributed by atoms with Crippen molar-refractivity contribution in [3.63, 3.8) is 0 Å². The Morgan fingerprint density at radius 1 is 1.00 bits per heavy atom. The van der Waals surface area contributed by atoms with Crippen molar-refractivity contribution in [1.82, 2.24) is 0 Å². The molecular weight excluding hydrogens is 347 g/mol. The molecule has 1 aromatic carbocycles. The second-order valence-electron chi connectivity index (χ2n) is 10.8. The summed E-state index contributed by atoms with van der Waals surface area (Å²) in [6.45, 7) is 4.94. The van der Waals surface area contributed by atoms with E-state index in [0.29, 0.717) is 11.3 Å². The summed E-state index contributed by atoms with van der Waals surface area (Å²) in [6.07, 6.45) is 13.6. The van der Waals surface area contributed by atoms with E-state index in [1.807, 2.05) is 6.07 Å². The van der Waals surface area contributed by atoms with Crippen molar-refractivity contribution < 1.29 is 9.50 Å². The third kappa shape index (κ3) is 2.74. The third-order valence-electron chi connectivity index (χ3n) is 9.65. The Kier molecular flexibility index (Phi) is 4.50. The Morgan fingerprint density at radius 2 is 1.86 bits per heavy atom. The van der Waals surface area contributed by atoms with Crippen LogP contribution in [0.2, 0.25) is 0 Å². The van der Waals surface area contributed by atoms with Gasteiger partial charge in [0.1, 0.15) is 5.82 Å². The zero-order chi connectivity index (χ0) is 19.5. The fourth-order valence-corrected chi connectivity index (χ4v) is 8.10. The highest BCUT2D eigenvalue weighted by molar-refractivity contribution is 5.55. The van der Waals surface area contributed by atoms with Crippen LogP contribution in [-0.4, -0.2) is 11.2 Å². The Morgan fingerprint density at radius 3 is 2.68 bits per heavy atom. The van der Waals surface area contributed by atoms with Crippen LogP contribution in [0, 0.1) is 40.3 Å². The molecule has 1 N–H and O–H groups in total. The fourth-order valence-electron chi connectivity index (χ4n) is 8.10. The highest BCUT2D eigenvalue weighted by Gasteiger charge is 2.60. The van der Waals surface area contributed by atoms with Gasteiger partial charge in [0.2, 0.25) is 0 Å². The smallest absolute Gasteiger partial charge is 0.123 e. The maximum absolute atomic E-state index is 13.6. The molecule has 0 bridgehead atoms. The molecule has 152 valence electrons. The van der Waals surface area contributed by atoms with E-state index in [1.165, 1.54) is 51.0 Å². The van der Waals surface area contributed by atoms with Crippen LogP contribution in [0.4, 0.5) is 4.39 Å². The second kappa shape index (κ2) is 6.69. The first-order valence-corrected chi connectivity index (χ1v) is 11.6. The number of hydrogen-bond donors (Lipinski definition) is 1. The summed E-state index contributed by atoms with van der Waals surface area (Å²) in [5.74, 6) is 2.91. The molecule has 4 saturated carbocycles. The molecule has 1 nitrogen and oxygen atoms in total. The Labute approximate surface area is 169 Å².